The van der Waals surface area contributed by atoms with Gasteiger partial charge in [0.1, 0.15) is 23.2 Å². The van der Waals surface area contributed by atoms with Crippen molar-refractivity contribution in [3.05, 3.63) is 111 Å². The molecule has 5 rings (SSSR count). The van der Waals surface area contributed by atoms with Gasteiger partial charge in [0.2, 0.25) is 0 Å². The third-order valence-corrected chi connectivity index (χ3v) is 6.72. The molecule has 0 saturated carbocycles. The van der Waals surface area contributed by atoms with E-state index < -0.39 is 46.4 Å². The number of rotatable bonds is 6. The van der Waals surface area contributed by atoms with Crippen LogP contribution in [0.1, 0.15) is 15.9 Å². The maximum atomic E-state index is 15.1. The van der Waals surface area contributed by atoms with Gasteiger partial charge in [-0.3, -0.25) is 9.59 Å². The molecule has 0 aliphatic carbocycles. The van der Waals surface area contributed by atoms with Gasteiger partial charge in [-0.2, -0.15) is 0 Å². The van der Waals surface area contributed by atoms with Gasteiger partial charge in [0.05, 0.1) is 11.2 Å². The van der Waals surface area contributed by atoms with Gasteiger partial charge >= 0.3 is 11.7 Å². The molecule has 0 saturated heterocycles. The highest BCUT2D eigenvalue weighted by atomic mass is 19.1. The Balaban J connectivity index is 1.53. The van der Waals surface area contributed by atoms with Crippen molar-refractivity contribution in [2.45, 2.75) is 12.5 Å². The normalized spacial score (nSPS) is 12.1. The van der Waals surface area contributed by atoms with E-state index in [1.165, 1.54) is 40.7 Å². The lowest BCUT2D eigenvalue weighted by Crippen LogP contribution is -2.43. The van der Waals surface area contributed by atoms with E-state index in [0.717, 1.165) is 10.6 Å². The summed E-state index contributed by atoms with van der Waals surface area (Å²) >= 11 is 0. The van der Waals surface area contributed by atoms with Gasteiger partial charge in [-0.25, -0.2) is 22.9 Å². The maximum Gasteiger partial charge on any atom is 0.335 e. The lowest BCUT2D eigenvalue weighted by Gasteiger charge is -2.18. The highest BCUT2D eigenvalue weighted by Crippen LogP contribution is 2.27. The summed E-state index contributed by atoms with van der Waals surface area (Å²) in [6.07, 6.45) is 2.64. The van der Waals surface area contributed by atoms with Crippen molar-refractivity contribution in [2.75, 3.05) is 0 Å². The Morgan fingerprint density at radius 1 is 0.923 bits per heavy atom. The molecule has 2 N–H and O–H groups in total. The zero-order valence-electron chi connectivity index (χ0n) is 20.8. The summed E-state index contributed by atoms with van der Waals surface area (Å²) in [4.78, 5) is 50.3. The molecular formula is C28H22F2N4O5. The number of carboxylic acids is 1. The van der Waals surface area contributed by atoms with Crippen LogP contribution in [0.4, 0.5) is 8.78 Å². The fraction of sp³-hybridized carbons (Fsp3) is 0.143. The van der Waals surface area contributed by atoms with Gasteiger partial charge in [0.15, 0.2) is 0 Å². The number of aliphatic carboxylic acids is 1. The number of nitrogens with zero attached hydrogens (tertiary/aromatic N) is 3. The maximum absolute atomic E-state index is 15.1. The Morgan fingerprint density at radius 2 is 1.62 bits per heavy atom. The summed E-state index contributed by atoms with van der Waals surface area (Å²) in [6.45, 7) is 0. The number of carbonyl (C=O) groups excluding carboxylic acids is 1. The van der Waals surface area contributed by atoms with Crippen molar-refractivity contribution < 1.29 is 23.5 Å². The lowest BCUT2D eigenvalue weighted by atomic mass is 9.97. The minimum absolute atomic E-state index is 0.0276. The molecule has 9 nitrogen and oxygen atoms in total. The minimum atomic E-state index is -1.54. The van der Waals surface area contributed by atoms with Gasteiger partial charge in [0.25, 0.3) is 11.5 Å². The van der Waals surface area contributed by atoms with Crippen LogP contribution in [0.15, 0.2) is 76.6 Å². The summed E-state index contributed by atoms with van der Waals surface area (Å²) < 4.78 is 33.6. The molecule has 1 amide bonds. The number of nitrogens with one attached hydrogen (secondary N) is 1. The molecule has 0 aliphatic rings. The van der Waals surface area contributed by atoms with Crippen LogP contribution in [0.25, 0.3) is 27.4 Å². The van der Waals surface area contributed by atoms with Gasteiger partial charge in [-0.1, -0.05) is 30.3 Å². The molecule has 0 aliphatic heterocycles. The van der Waals surface area contributed by atoms with Crippen LogP contribution < -0.4 is 16.6 Å². The second kappa shape index (κ2) is 9.67. The van der Waals surface area contributed by atoms with E-state index >= 15 is 4.39 Å². The van der Waals surface area contributed by atoms with Crippen LogP contribution in [0.2, 0.25) is 0 Å². The van der Waals surface area contributed by atoms with E-state index in [9.17, 15) is 28.7 Å². The zero-order chi connectivity index (χ0) is 28.0. The quantitative estimate of drug-likeness (QED) is 0.349. The average molecular weight is 533 g/mol. The van der Waals surface area contributed by atoms with Crippen LogP contribution in [0.3, 0.4) is 0 Å². The van der Waals surface area contributed by atoms with Gasteiger partial charge in [-0.15, -0.1) is 0 Å². The third kappa shape index (κ3) is 4.37. The van der Waals surface area contributed by atoms with E-state index in [2.05, 4.69) is 5.32 Å². The van der Waals surface area contributed by atoms with Crippen molar-refractivity contribution in [3.63, 3.8) is 0 Å². The van der Waals surface area contributed by atoms with Crippen LogP contribution in [0, 0.1) is 11.6 Å². The first-order valence-corrected chi connectivity index (χ1v) is 11.8. The predicted molar refractivity (Wildman–Crippen MR) is 140 cm³/mol. The van der Waals surface area contributed by atoms with Crippen LogP contribution >= 0.6 is 0 Å². The fourth-order valence-electron chi connectivity index (χ4n) is 4.72. The molecule has 39 heavy (non-hydrogen) atoms. The molecule has 0 bridgehead atoms. The van der Waals surface area contributed by atoms with Crippen LogP contribution in [-0.4, -0.2) is 36.7 Å². The van der Waals surface area contributed by atoms with E-state index in [0.29, 0.717) is 22.0 Å². The number of fused-ring (bicyclic) bond motifs is 2. The number of hydrogen-bond acceptors (Lipinski definition) is 4. The number of aromatic nitrogens is 3. The summed E-state index contributed by atoms with van der Waals surface area (Å²) in [5.41, 5.74) is -0.949. The molecule has 198 valence electrons. The van der Waals surface area contributed by atoms with E-state index in [1.54, 1.807) is 43.4 Å². The lowest BCUT2D eigenvalue weighted by molar-refractivity contribution is -0.139. The van der Waals surface area contributed by atoms with Gasteiger partial charge in [-0.05, 0) is 29.1 Å². The molecule has 0 unspecified atom stereocenters. The predicted octanol–water partition coefficient (Wildman–Crippen LogP) is 2.89. The monoisotopic (exact) mass is 532 g/mol. The van der Waals surface area contributed by atoms with Crippen LogP contribution in [-0.2, 0) is 25.3 Å². The zero-order valence-corrected chi connectivity index (χ0v) is 20.8. The first kappa shape index (κ1) is 25.6. The highest BCUT2D eigenvalue weighted by molar-refractivity contribution is 6.01. The Kier molecular flexibility index (Phi) is 6.35. The number of amides is 1. The first-order valence-electron chi connectivity index (χ1n) is 11.8. The van der Waals surface area contributed by atoms with Gasteiger partial charge < -0.3 is 19.6 Å². The van der Waals surface area contributed by atoms with E-state index in [4.69, 9.17) is 0 Å². The number of halogens is 2. The molecule has 0 spiro atoms. The smallest absolute Gasteiger partial charge is 0.335 e. The average Bonchev–Trinajstić information content (AvgIpc) is 3.26. The Bertz CT molecular complexity index is 1920. The molecular weight excluding hydrogens is 510 g/mol. The fourth-order valence-corrected chi connectivity index (χ4v) is 4.72. The van der Waals surface area contributed by atoms with E-state index in [1.807, 2.05) is 0 Å². The summed E-state index contributed by atoms with van der Waals surface area (Å²) in [7, 11) is 3.11. The number of aryl methyl sites for hydroxylation is 2. The second-order valence-corrected chi connectivity index (χ2v) is 9.15. The molecule has 2 heterocycles. The van der Waals surface area contributed by atoms with Gasteiger partial charge in [0, 0.05) is 49.7 Å². The standard InChI is InChI=1S/C28H22F2N4O5/c1-32-11-9-18-22(32)14-19(29)24(25(18)30)26(36)31-20(27(37)38)13-15-5-3-7-17-16(15)6-4-8-21(17)34-23(35)10-12-33(2)28(34)39/h3-12,14,20H,13H2,1-2H3,(H,31,36)(H,37,38)/t20-/m0/s1. The van der Waals surface area contributed by atoms with Crippen LogP contribution in [0.5, 0.6) is 0 Å². The Labute approximate surface area is 219 Å². The number of benzene rings is 3. The van der Waals surface area contributed by atoms with Crippen molar-refractivity contribution in [3.8, 4) is 5.69 Å². The Morgan fingerprint density at radius 3 is 2.36 bits per heavy atom. The molecule has 2 aromatic heterocycles. The molecule has 0 radical (unpaired) electrons. The number of carboxylic acid groups (broad SMARTS) is 1. The number of hydrogen-bond donors (Lipinski definition) is 2. The highest BCUT2D eigenvalue weighted by Gasteiger charge is 2.27. The molecule has 1 atom stereocenters. The summed E-state index contributed by atoms with van der Waals surface area (Å²) in [6, 6.07) is 12.0. The summed E-state index contributed by atoms with van der Waals surface area (Å²) in [5, 5.41) is 13.2. The first-order chi connectivity index (χ1) is 18.6. The number of carbonyl (C=O) groups is 2. The van der Waals surface area contributed by atoms with E-state index in [-0.39, 0.29) is 17.3 Å². The SMILES string of the molecule is Cn1ccc(=O)n(-c2cccc3c(C[C@H](NC(=O)c4c(F)cc5c(ccn5C)c4F)C(=O)O)cccc23)c1=O. The largest absolute Gasteiger partial charge is 0.480 e. The molecule has 11 heteroatoms. The van der Waals surface area contributed by atoms with Crippen molar-refractivity contribution in [2.24, 2.45) is 14.1 Å². The van der Waals surface area contributed by atoms with Crippen molar-refractivity contribution >= 4 is 33.6 Å². The summed E-state index contributed by atoms with van der Waals surface area (Å²) in [5.74, 6) is -4.82. The van der Waals surface area contributed by atoms with Crippen molar-refractivity contribution in [1.82, 2.24) is 19.0 Å². The molecule has 3 aromatic carbocycles. The minimum Gasteiger partial charge on any atom is -0.480 e. The topological polar surface area (TPSA) is 115 Å². The third-order valence-electron chi connectivity index (χ3n) is 6.72. The Hall–Kier alpha value is -5.06. The molecule has 5 aromatic rings. The second-order valence-electron chi connectivity index (χ2n) is 9.15. The molecule has 0 fully saturated rings. The van der Waals surface area contributed by atoms with Crippen molar-refractivity contribution in [1.29, 1.82) is 0 Å².